The maximum Gasteiger partial charge on any atom is 0.324 e. The van der Waals surface area contributed by atoms with Gasteiger partial charge in [0.05, 0.1) is 24.3 Å². The number of aryl methyl sites for hydroxylation is 1. The maximum absolute atomic E-state index is 14.9. The number of benzene rings is 3. The van der Waals surface area contributed by atoms with Crippen LogP contribution in [0.3, 0.4) is 0 Å². The monoisotopic (exact) mass is 914 g/mol. The summed E-state index contributed by atoms with van der Waals surface area (Å²) in [5.74, 6) is -2.22. The number of ether oxygens (including phenoxy) is 2. The Hall–Kier alpha value is -5.99. The van der Waals surface area contributed by atoms with Crippen LogP contribution in [0.5, 0.6) is 5.75 Å². The number of phenolic OH excluding ortho intramolecular Hbond substituents is 1. The molecule has 0 saturated carbocycles. The van der Waals surface area contributed by atoms with Gasteiger partial charge in [-0.2, -0.15) is 0 Å². The topological polar surface area (TPSA) is 163 Å². The molecule has 2 unspecified atom stereocenters. The fourth-order valence-corrected chi connectivity index (χ4v) is 10.7. The van der Waals surface area contributed by atoms with Crippen molar-refractivity contribution >= 4 is 40.5 Å². The molecule has 3 N–H and O–H groups in total. The number of nitrogens with one attached hydrogen (secondary N) is 2. The van der Waals surface area contributed by atoms with Gasteiger partial charge in [0.15, 0.2) is 0 Å². The zero-order valence-electron chi connectivity index (χ0n) is 40.1. The SMILES string of the molecule is C=CC(=O)N1CC2(CCN(C(C)(C(=O)NC3Cc4cc(O)cc(c4)-c4ccc5c(c4)c(c(-c4ccccc4CCOC)n5CC)CC(C)(C)COC(=O)[C@@H]4CCCN(N4)C3=O)C(C)C)C2=O)C1. The van der Waals surface area contributed by atoms with E-state index in [9.17, 15) is 29.1 Å². The lowest BCUT2D eigenvalue weighted by Gasteiger charge is -2.48. The van der Waals surface area contributed by atoms with E-state index in [0.29, 0.717) is 50.9 Å². The number of esters is 1. The second-order valence-electron chi connectivity index (χ2n) is 20.3. The van der Waals surface area contributed by atoms with Gasteiger partial charge in [-0.25, -0.2) is 5.43 Å². The first-order chi connectivity index (χ1) is 31.9. The Kier molecular flexibility index (Phi) is 13.2. The number of amides is 4. The number of methoxy groups -OCH3 is 1. The summed E-state index contributed by atoms with van der Waals surface area (Å²) in [4.78, 5) is 73.6. The number of hydrazine groups is 1. The number of aromatic hydroxyl groups is 1. The molecule has 5 heterocycles. The average molecular weight is 915 g/mol. The molecule has 1 aromatic heterocycles. The quantitative estimate of drug-likeness (QED) is 0.124. The number of phenols is 1. The van der Waals surface area contributed by atoms with Crippen molar-refractivity contribution in [2.45, 2.75) is 104 Å². The van der Waals surface area contributed by atoms with Gasteiger partial charge in [-0.15, -0.1) is 0 Å². The first-order valence-corrected chi connectivity index (χ1v) is 23.8. The molecular weight excluding hydrogens is 849 g/mol. The number of hydrogen-bond donors (Lipinski definition) is 3. The minimum atomic E-state index is -1.36. The minimum Gasteiger partial charge on any atom is -0.508 e. The summed E-state index contributed by atoms with van der Waals surface area (Å²) >= 11 is 0. The van der Waals surface area contributed by atoms with E-state index in [1.54, 1.807) is 36.0 Å². The van der Waals surface area contributed by atoms with Gasteiger partial charge in [-0.05, 0) is 110 Å². The molecule has 4 aromatic rings. The van der Waals surface area contributed by atoms with Gasteiger partial charge < -0.3 is 34.3 Å². The summed E-state index contributed by atoms with van der Waals surface area (Å²) in [6, 6.07) is 18.1. The third-order valence-corrected chi connectivity index (χ3v) is 14.8. The molecule has 14 nitrogen and oxygen atoms in total. The number of hydrogen-bond acceptors (Lipinski definition) is 9. The molecule has 8 rings (SSSR count). The number of aromatic nitrogens is 1. The van der Waals surface area contributed by atoms with Gasteiger partial charge in [-0.3, -0.25) is 29.0 Å². The number of carbonyl (C=O) groups is 5. The third kappa shape index (κ3) is 8.86. The van der Waals surface area contributed by atoms with Crippen LogP contribution in [0.4, 0.5) is 0 Å². The lowest BCUT2D eigenvalue weighted by Crippen LogP contribution is -2.67. The molecule has 3 saturated heterocycles. The highest BCUT2D eigenvalue weighted by Gasteiger charge is 2.60. The summed E-state index contributed by atoms with van der Waals surface area (Å²) in [5.41, 5.74) is 8.25. The van der Waals surface area contributed by atoms with Crippen molar-refractivity contribution in [2.75, 3.05) is 46.5 Å². The number of carbonyl (C=O) groups excluding carboxylic acids is 5. The highest BCUT2D eigenvalue weighted by atomic mass is 16.5. The Morgan fingerprint density at radius 2 is 1.82 bits per heavy atom. The second kappa shape index (κ2) is 18.6. The zero-order valence-corrected chi connectivity index (χ0v) is 40.1. The predicted octanol–water partition coefficient (Wildman–Crippen LogP) is 6.20. The molecule has 67 heavy (non-hydrogen) atoms. The van der Waals surface area contributed by atoms with Crippen LogP contribution in [0.25, 0.3) is 33.3 Å². The molecular formula is C53H66N6O8. The summed E-state index contributed by atoms with van der Waals surface area (Å²) in [5, 5.41) is 16.9. The van der Waals surface area contributed by atoms with Crippen LogP contribution in [0, 0.1) is 16.7 Å². The molecule has 0 radical (unpaired) electrons. The van der Waals surface area contributed by atoms with Crippen molar-refractivity contribution < 1.29 is 38.6 Å². The molecule has 1 spiro atoms. The largest absolute Gasteiger partial charge is 0.508 e. The van der Waals surface area contributed by atoms with Crippen LogP contribution >= 0.6 is 0 Å². The van der Waals surface area contributed by atoms with E-state index in [0.717, 1.165) is 45.3 Å². The van der Waals surface area contributed by atoms with E-state index < -0.39 is 46.2 Å². The zero-order chi connectivity index (χ0) is 48.0. The molecule has 3 aromatic carbocycles. The summed E-state index contributed by atoms with van der Waals surface area (Å²) in [6.45, 7) is 17.9. The van der Waals surface area contributed by atoms with E-state index in [4.69, 9.17) is 9.47 Å². The summed E-state index contributed by atoms with van der Waals surface area (Å²) in [6.07, 6.45) is 4.01. The highest BCUT2D eigenvalue weighted by Crippen LogP contribution is 2.45. The van der Waals surface area contributed by atoms with E-state index in [1.165, 1.54) is 16.6 Å². The molecule has 0 aliphatic carbocycles. The first kappa shape index (κ1) is 47.5. The molecule has 4 amide bonds. The number of rotatable bonds is 10. The smallest absolute Gasteiger partial charge is 0.324 e. The molecule has 4 aliphatic heterocycles. The minimum absolute atomic E-state index is 0.000250. The van der Waals surface area contributed by atoms with Crippen molar-refractivity contribution in [1.29, 1.82) is 0 Å². The third-order valence-electron chi connectivity index (χ3n) is 14.8. The van der Waals surface area contributed by atoms with Gasteiger partial charge in [0, 0.05) is 68.1 Å². The number of cyclic esters (lactones) is 1. The summed E-state index contributed by atoms with van der Waals surface area (Å²) in [7, 11) is 1.71. The summed E-state index contributed by atoms with van der Waals surface area (Å²) < 4.78 is 14.0. The Morgan fingerprint density at radius 3 is 2.54 bits per heavy atom. The average Bonchev–Trinajstić information content (AvgIpc) is 3.81. The van der Waals surface area contributed by atoms with Gasteiger partial charge in [0.25, 0.3) is 5.91 Å². The van der Waals surface area contributed by atoms with Gasteiger partial charge >= 0.3 is 5.97 Å². The van der Waals surface area contributed by atoms with Crippen LogP contribution < -0.4 is 10.7 Å². The number of likely N-dealkylation sites (tertiary alicyclic amines) is 2. The van der Waals surface area contributed by atoms with Crippen molar-refractivity contribution in [3.05, 3.63) is 90.0 Å². The standard InChI is InChI=1S/C53H66N6O8/c1-9-45(61)56-30-53(31-56)20-22-58(50(53)65)52(7,33(3)4)49(64)54-43-26-34-24-37(27-38(60)25-34)36-17-18-44-40(28-36)41(46(57(44)10-2)39-15-12-11-14-35(39)19-23-66-8)29-51(5,6)32-67-48(63)42-16-13-21-59(55-42)47(43)62/h9,11-12,14-15,17-18,24-25,27-28,33,42-43,55,60H,1,10,13,16,19-23,26,29-32H2,2-8H3,(H,54,64)/t42-,43?,52?/m0/s1. The van der Waals surface area contributed by atoms with Crippen molar-refractivity contribution in [3.63, 3.8) is 0 Å². The van der Waals surface area contributed by atoms with Gasteiger partial charge in [0.1, 0.15) is 23.4 Å². The van der Waals surface area contributed by atoms with Crippen LogP contribution in [0.15, 0.2) is 73.3 Å². The highest BCUT2D eigenvalue weighted by molar-refractivity contribution is 5.99. The van der Waals surface area contributed by atoms with Crippen molar-refractivity contribution in [3.8, 4) is 28.1 Å². The van der Waals surface area contributed by atoms with Crippen LogP contribution in [-0.2, 0) is 59.3 Å². The normalized spacial score (nSPS) is 21.5. The van der Waals surface area contributed by atoms with Crippen LogP contribution in [0.1, 0.15) is 77.5 Å². The Bertz CT molecular complexity index is 2610. The fourth-order valence-electron chi connectivity index (χ4n) is 10.7. The maximum atomic E-state index is 14.9. The van der Waals surface area contributed by atoms with E-state index in [2.05, 4.69) is 79.1 Å². The Labute approximate surface area is 393 Å². The molecule has 4 aliphatic rings. The molecule has 3 fully saturated rings. The Morgan fingerprint density at radius 1 is 1.06 bits per heavy atom. The van der Waals surface area contributed by atoms with E-state index in [1.807, 2.05) is 26.0 Å². The lowest BCUT2D eigenvalue weighted by molar-refractivity contribution is -0.160. The van der Waals surface area contributed by atoms with Crippen molar-refractivity contribution in [1.82, 2.24) is 30.1 Å². The second-order valence-corrected chi connectivity index (χ2v) is 20.3. The lowest BCUT2D eigenvalue weighted by atomic mass is 9.77. The van der Waals surface area contributed by atoms with Crippen LogP contribution in [-0.4, -0.2) is 118 Å². The Balaban J connectivity index is 1.21. The van der Waals surface area contributed by atoms with E-state index in [-0.39, 0.29) is 56.1 Å². The number of nitrogens with zero attached hydrogens (tertiary/aromatic N) is 4. The fraction of sp³-hybridized carbons (Fsp3) is 0.491. The number of fused-ring (bicyclic) bond motifs is 6. The molecule has 6 bridgehead atoms. The van der Waals surface area contributed by atoms with Crippen molar-refractivity contribution in [2.24, 2.45) is 16.7 Å². The van der Waals surface area contributed by atoms with Gasteiger partial charge in [-0.1, -0.05) is 70.7 Å². The first-order valence-electron chi connectivity index (χ1n) is 23.8. The van der Waals surface area contributed by atoms with Crippen LogP contribution in [0.2, 0.25) is 0 Å². The van der Waals surface area contributed by atoms with Gasteiger partial charge in [0.2, 0.25) is 17.7 Å². The van der Waals surface area contributed by atoms with E-state index >= 15 is 0 Å². The molecule has 3 atom stereocenters. The molecule has 14 heteroatoms. The predicted molar refractivity (Wildman–Crippen MR) is 256 cm³/mol. The molecule has 356 valence electrons.